The van der Waals surface area contributed by atoms with Crippen LogP contribution >= 0.6 is 0 Å². The first-order valence-corrected chi connectivity index (χ1v) is 12.0. The molecule has 1 unspecified atom stereocenters. The van der Waals surface area contributed by atoms with Crippen LogP contribution in [0.25, 0.3) is 22.5 Å². The van der Waals surface area contributed by atoms with Crippen LogP contribution in [-0.2, 0) is 0 Å². The largest absolute Gasteiger partial charge is 0.494 e. The summed E-state index contributed by atoms with van der Waals surface area (Å²) >= 11 is 0. The molecule has 0 aliphatic carbocycles. The van der Waals surface area contributed by atoms with E-state index < -0.39 is 6.17 Å². The molecule has 33 heavy (non-hydrogen) atoms. The van der Waals surface area contributed by atoms with Crippen molar-refractivity contribution in [2.24, 2.45) is 5.92 Å². The van der Waals surface area contributed by atoms with Gasteiger partial charge >= 0.3 is 0 Å². The van der Waals surface area contributed by atoms with Gasteiger partial charge in [-0.1, -0.05) is 58.6 Å². The summed E-state index contributed by atoms with van der Waals surface area (Å²) in [5, 5.41) is 0. The van der Waals surface area contributed by atoms with Crippen molar-refractivity contribution in [1.29, 1.82) is 0 Å². The van der Waals surface area contributed by atoms with E-state index in [1.54, 1.807) is 0 Å². The van der Waals surface area contributed by atoms with Gasteiger partial charge in [-0.3, -0.25) is 0 Å². The van der Waals surface area contributed by atoms with Crippen LogP contribution in [0.1, 0.15) is 52.9 Å². The van der Waals surface area contributed by atoms with Crippen LogP contribution in [0.4, 0.5) is 4.39 Å². The second-order valence-electron chi connectivity index (χ2n) is 8.68. The summed E-state index contributed by atoms with van der Waals surface area (Å²) in [6.07, 6.45) is 8.81. The van der Waals surface area contributed by atoms with E-state index in [4.69, 9.17) is 9.47 Å². The maximum absolute atomic E-state index is 13.7. The molecule has 0 aliphatic heterocycles. The summed E-state index contributed by atoms with van der Waals surface area (Å²) in [7, 11) is 0. The Kier molecular flexibility index (Phi) is 9.67. The normalized spacial score (nSPS) is 12.0. The first-order chi connectivity index (χ1) is 16.1. The maximum atomic E-state index is 13.7. The second-order valence-corrected chi connectivity index (χ2v) is 8.68. The average molecular weight is 451 g/mol. The van der Waals surface area contributed by atoms with Crippen LogP contribution < -0.4 is 9.47 Å². The van der Waals surface area contributed by atoms with Gasteiger partial charge in [0, 0.05) is 23.5 Å². The van der Waals surface area contributed by atoms with Crippen LogP contribution in [0.15, 0.2) is 60.9 Å². The molecule has 0 spiro atoms. The van der Waals surface area contributed by atoms with Crippen LogP contribution in [0.5, 0.6) is 11.5 Å². The van der Waals surface area contributed by atoms with Gasteiger partial charge in [0.25, 0.3) is 0 Å². The number of hydrogen-bond acceptors (Lipinski definition) is 4. The molecule has 0 radical (unpaired) electrons. The molecule has 1 heterocycles. The summed E-state index contributed by atoms with van der Waals surface area (Å²) in [6, 6.07) is 15.5. The van der Waals surface area contributed by atoms with Gasteiger partial charge in [-0.05, 0) is 54.3 Å². The Morgan fingerprint density at radius 1 is 0.727 bits per heavy atom. The minimum absolute atomic E-state index is 0.0519. The highest BCUT2D eigenvalue weighted by Gasteiger charge is 2.12. The topological polar surface area (TPSA) is 44.2 Å². The first-order valence-electron chi connectivity index (χ1n) is 12.0. The predicted molar refractivity (Wildman–Crippen MR) is 132 cm³/mol. The number of benzene rings is 2. The van der Waals surface area contributed by atoms with E-state index in [-0.39, 0.29) is 12.5 Å². The van der Waals surface area contributed by atoms with Crippen LogP contribution in [0, 0.1) is 5.92 Å². The predicted octanol–water partition coefficient (Wildman–Crippen LogP) is 7.53. The Morgan fingerprint density at radius 2 is 1.30 bits per heavy atom. The molecule has 0 saturated heterocycles. The average Bonchev–Trinajstić information content (AvgIpc) is 2.85. The molecule has 0 aliphatic rings. The summed E-state index contributed by atoms with van der Waals surface area (Å²) < 4.78 is 25.1. The van der Waals surface area contributed by atoms with Crippen molar-refractivity contribution in [3.63, 3.8) is 0 Å². The Hall–Kier alpha value is -2.95. The van der Waals surface area contributed by atoms with E-state index in [1.165, 1.54) is 25.7 Å². The number of nitrogens with zero attached hydrogens (tertiary/aromatic N) is 2. The molecule has 0 amide bonds. The molecule has 3 rings (SSSR count). The van der Waals surface area contributed by atoms with E-state index in [9.17, 15) is 4.39 Å². The molecule has 0 saturated carbocycles. The standard InChI is InChI=1S/C28H35FN2O2/c1-4-5-6-7-8-17-32-25-15-11-23(12-16-25)28-30-18-24(19-31-28)22-9-13-26(14-10-22)33-20-27(29)21(2)3/h9-16,18-19,21,27H,4-8,17,20H2,1-3H3. The minimum atomic E-state index is -0.971. The van der Waals surface area contributed by atoms with Gasteiger partial charge in [0.05, 0.1) is 6.61 Å². The van der Waals surface area contributed by atoms with Crippen molar-refractivity contribution in [2.75, 3.05) is 13.2 Å². The lowest BCUT2D eigenvalue weighted by molar-refractivity contribution is 0.155. The minimum Gasteiger partial charge on any atom is -0.494 e. The van der Waals surface area contributed by atoms with E-state index in [2.05, 4.69) is 16.9 Å². The van der Waals surface area contributed by atoms with Crippen molar-refractivity contribution in [1.82, 2.24) is 9.97 Å². The van der Waals surface area contributed by atoms with Crippen molar-refractivity contribution in [3.05, 3.63) is 60.9 Å². The molecule has 5 heteroatoms. The fourth-order valence-corrected chi connectivity index (χ4v) is 3.33. The highest BCUT2D eigenvalue weighted by Crippen LogP contribution is 2.24. The van der Waals surface area contributed by atoms with E-state index >= 15 is 0 Å². The first kappa shape index (κ1) is 24.7. The van der Waals surface area contributed by atoms with Crippen molar-refractivity contribution >= 4 is 0 Å². The van der Waals surface area contributed by atoms with Crippen molar-refractivity contribution in [2.45, 2.75) is 59.0 Å². The number of ether oxygens (including phenoxy) is 2. The number of halogens is 1. The van der Waals surface area contributed by atoms with Crippen molar-refractivity contribution in [3.8, 4) is 34.0 Å². The highest BCUT2D eigenvalue weighted by molar-refractivity contribution is 5.64. The Labute approximate surface area is 197 Å². The van der Waals surface area contributed by atoms with Crippen LogP contribution in [0.3, 0.4) is 0 Å². The second kappa shape index (κ2) is 12.9. The van der Waals surface area contributed by atoms with E-state index in [0.29, 0.717) is 11.6 Å². The van der Waals surface area contributed by atoms with Gasteiger partial charge in [-0.25, -0.2) is 14.4 Å². The van der Waals surface area contributed by atoms with Gasteiger partial charge in [0.1, 0.15) is 24.3 Å². The molecule has 1 aromatic heterocycles. The van der Waals surface area contributed by atoms with E-state index in [0.717, 1.165) is 35.5 Å². The Balaban J connectivity index is 1.52. The summed E-state index contributed by atoms with van der Waals surface area (Å²) in [6.45, 7) is 6.74. The molecule has 4 nitrogen and oxygen atoms in total. The molecular weight excluding hydrogens is 415 g/mol. The number of alkyl halides is 1. The molecule has 0 bridgehead atoms. The lowest BCUT2D eigenvalue weighted by Crippen LogP contribution is -2.18. The maximum Gasteiger partial charge on any atom is 0.159 e. The molecule has 0 N–H and O–H groups in total. The zero-order chi connectivity index (χ0) is 23.5. The van der Waals surface area contributed by atoms with Gasteiger partial charge in [0.2, 0.25) is 0 Å². The number of rotatable bonds is 13. The third-order valence-corrected chi connectivity index (χ3v) is 5.60. The number of aromatic nitrogens is 2. The quantitative estimate of drug-likeness (QED) is 0.252. The highest BCUT2D eigenvalue weighted by atomic mass is 19.1. The fraction of sp³-hybridized carbons (Fsp3) is 0.429. The SMILES string of the molecule is CCCCCCCOc1ccc(-c2ncc(-c3ccc(OCC(F)C(C)C)cc3)cn2)cc1. The van der Waals surface area contributed by atoms with Crippen LogP contribution in [0.2, 0.25) is 0 Å². The number of unbranched alkanes of at least 4 members (excludes halogenated alkanes) is 4. The molecule has 3 aromatic rings. The van der Waals surface area contributed by atoms with Gasteiger partial charge < -0.3 is 9.47 Å². The molecule has 2 aromatic carbocycles. The van der Waals surface area contributed by atoms with Crippen LogP contribution in [-0.4, -0.2) is 29.4 Å². The zero-order valence-corrected chi connectivity index (χ0v) is 20.0. The third kappa shape index (κ3) is 7.85. The van der Waals surface area contributed by atoms with Gasteiger partial charge in [-0.15, -0.1) is 0 Å². The summed E-state index contributed by atoms with van der Waals surface area (Å²) in [4.78, 5) is 9.06. The Morgan fingerprint density at radius 3 is 1.91 bits per heavy atom. The lowest BCUT2D eigenvalue weighted by atomic mass is 10.1. The Bertz CT molecular complexity index is 941. The smallest absolute Gasteiger partial charge is 0.159 e. The van der Waals surface area contributed by atoms with Crippen molar-refractivity contribution < 1.29 is 13.9 Å². The van der Waals surface area contributed by atoms with E-state index in [1.807, 2.05) is 74.8 Å². The molecule has 0 fully saturated rings. The lowest BCUT2D eigenvalue weighted by Gasteiger charge is -2.13. The molecular formula is C28H35FN2O2. The zero-order valence-electron chi connectivity index (χ0n) is 20.0. The molecule has 1 atom stereocenters. The van der Waals surface area contributed by atoms with Gasteiger partial charge in [-0.2, -0.15) is 0 Å². The summed E-state index contributed by atoms with van der Waals surface area (Å²) in [5.41, 5.74) is 2.85. The van der Waals surface area contributed by atoms with Gasteiger partial charge in [0.15, 0.2) is 5.82 Å². The summed E-state index contributed by atoms with van der Waals surface area (Å²) in [5.74, 6) is 2.15. The monoisotopic (exact) mass is 450 g/mol. The molecule has 176 valence electrons. The third-order valence-electron chi connectivity index (χ3n) is 5.60. The fourth-order valence-electron chi connectivity index (χ4n) is 3.33. The number of hydrogen-bond donors (Lipinski definition) is 0.